The maximum atomic E-state index is 9.10. The van der Waals surface area contributed by atoms with Gasteiger partial charge in [-0.1, -0.05) is 47.5 Å². The molecule has 0 aliphatic carbocycles. The van der Waals surface area contributed by atoms with Gasteiger partial charge >= 0.3 is 23.9 Å². The third-order valence-electron chi connectivity index (χ3n) is 4.66. The molecule has 0 radical (unpaired) electrons. The number of hydrogen-bond acceptors (Lipinski definition) is 6. The highest BCUT2D eigenvalue weighted by Gasteiger charge is 2.17. The lowest BCUT2D eigenvalue weighted by atomic mass is 10.1. The van der Waals surface area contributed by atoms with Crippen molar-refractivity contribution in [1.29, 1.82) is 0 Å². The molecule has 4 N–H and O–H groups in total. The second-order valence-electron chi connectivity index (χ2n) is 7.30. The number of rotatable bonds is 3. The molecule has 0 spiro atoms. The summed E-state index contributed by atoms with van der Waals surface area (Å²) in [7, 11) is 0. The van der Waals surface area contributed by atoms with Crippen molar-refractivity contribution < 1.29 is 39.6 Å². The van der Waals surface area contributed by atoms with E-state index in [1.165, 1.54) is 22.4 Å². The van der Waals surface area contributed by atoms with Gasteiger partial charge < -0.3 is 25.3 Å². The van der Waals surface area contributed by atoms with Crippen LogP contribution < -0.4 is 4.90 Å². The standard InChI is InChI=1S/C19H24N2.2C2H2O4/c1-16-3-7-18(8-4-16)15-20-11-13-21(14-12-20)19-9-5-17(2)6-10-19;2*3-1(4)2(5)6/h3-10H,11-15H2,1-2H3;2*(H,3,4)(H,5,6). The SMILES string of the molecule is Cc1ccc(CN2CCN(c3ccc(C)cc3)CC2)cc1.O=C(O)C(=O)O.O=C(O)C(=O)O. The number of aryl methyl sites for hydroxylation is 2. The van der Waals surface area contributed by atoms with Crippen LogP contribution in [-0.2, 0) is 25.7 Å². The van der Waals surface area contributed by atoms with Crippen LogP contribution in [0.1, 0.15) is 16.7 Å². The Labute approximate surface area is 191 Å². The van der Waals surface area contributed by atoms with E-state index in [2.05, 4.69) is 72.2 Å². The van der Waals surface area contributed by atoms with E-state index in [0.29, 0.717) is 0 Å². The predicted octanol–water partition coefficient (Wildman–Crippen LogP) is 1.94. The minimum Gasteiger partial charge on any atom is -0.473 e. The van der Waals surface area contributed by atoms with Crippen LogP contribution in [0.5, 0.6) is 0 Å². The summed E-state index contributed by atoms with van der Waals surface area (Å²) in [5, 5.41) is 29.6. The van der Waals surface area contributed by atoms with Crippen LogP contribution in [-0.4, -0.2) is 75.4 Å². The molecule has 0 bridgehead atoms. The van der Waals surface area contributed by atoms with E-state index >= 15 is 0 Å². The lowest BCUT2D eigenvalue weighted by molar-refractivity contribution is -0.159. The molecule has 1 aliphatic rings. The molecule has 0 amide bonds. The van der Waals surface area contributed by atoms with Gasteiger partial charge in [0, 0.05) is 38.4 Å². The second kappa shape index (κ2) is 13.5. The average Bonchev–Trinajstić information content (AvgIpc) is 2.77. The molecule has 2 aromatic rings. The van der Waals surface area contributed by atoms with Crippen LogP contribution in [0.2, 0.25) is 0 Å². The van der Waals surface area contributed by atoms with Crippen molar-refractivity contribution in [2.24, 2.45) is 0 Å². The molecule has 10 nitrogen and oxygen atoms in total. The van der Waals surface area contributed by atoms with E-state index in [-0.39, 0.29) is 0 Å². The Morgan fingerprint density at radius 1 is 0.636 bits per heavy atom. The molecule has 0 aromatic heterocycles. The molecule has 3 rings (SSSR count). The van der Waals surface area contributed by atoms with Gasteiger partial charge in [0.05, 0.1) is 0 Å². The molecule has 1 aliphatic heterocycles. The Hall–Kier alpha value is -3.92. The van der Waals surface area contributed by atoms with Gasteiger partial charge in [-0.05, 0) is 31.5 Å². The predicted molar refractivity (Wildman–Crippen MR) is 120 cm³/mol. The number of hydrogen-bond donors (Lipinski definition) is 4. The summed E-state index contributed by atoms with van der Waals surface area (Å²) in [6.45, 7) is 9.88. The Kier molecular flexibility index (Phi) is 11.1. The highest BCUT2D eigenvalue weighted by molar-refractivity contribution is 6.27. The third kappa shape index (κ3) is 10.8. The molecule has 0 unspecified atom stereocenters. The summed E-state index contributed by atoms with van der Waals surface area (Å²) in [4.78, 5) is 41.4. The summed E-state index contributed by atoms with van der Waals surface area (Å²) < 4.78 is 0. The van der Waals surface area contributed by atoms with Gasteiger partial charge in [0.15, 0.2) is 0 Å². The maximum absolute atomic E-state index is 9.10. The van der Waals surface area contributed by atoms with Crippen molar-refractivity contribution in [3.05, 3.63) is 65.2 Å². The Balaban J connectivity index is 0.000000377. The van der Waals surface area contributed by atoms with Crippen LogP contribution in [0.25, 0.3) is 0 Å². The first-order chi connectivity index (χ1) is 15.5. The van der Waals surface area contributed by atoms with Gasteiger partial charge in [0.25, 0.3) is 0 Å². The number of aliphatic carboxylic acids is 4. The van der Waals surface area contributed by atoms with Crippen LogP contribution in [0.4, 0.5) is 5.69 Å². The number of carboxylic acids is 4. The minimum atomic E-state index is -1.82. The molecule has 1 heterocycles. The summed E-state index contributed by atoms with van der Waals surface area (Å²) in [5.41, 5.74) is 5.44. The normalized spacial score (nSPS) is 13.0. The van der Waals surface area contributed by atoms with E-state index in [4.69, 9.17) is 39.6 Å². The first kappa shape index (κ1) is 27.1. The zero-order valence-corrected chi connectivity index (χ0v) is 18.5. The lowest BCUT2D eigenvalue weighted by Gasteiger charge is -2.36. The first-order valence-electron chi connectivity index (χ1n) is 10.0. The molecule has 0 saturated carbocycles. The monoisotopic (exact) mass is 460 g/mol. The molecule has 2 aromatic carbocycles. The molecular weight excluding hydrogens is 432 g/mol. The van der Waals surface area contributed by atoms with Crippen LogP contribution >= 0.6 is 0 Å². The van der Waals surface area contributed by atoms with Crippen molar-refractivity contribution in [1.82, 2.24) is 4.90 Å². The van der Waals surface area contributed by atoms with Crippen molar-refractivity contribution in [2.45, 2.75) is 20.4 Å². The number of anilines is 1. The molecule has 178 valence electrons. The summed E-state index contributed by atoms with van der Waals surface area (Å²) in [6, 6.07) is 17.8. The highest BCUT2D eigenvalue weighted by Crippen LogP contribution is 2.18. The second-order valence-corrected chi connectivity index (χ2v) is 7.30. The summed E-state index contributed by atoms with van der Waals surface area (Å²) in [6.07, 6.45) is 0. The van der Waals surface area contributed by atoms with Gasteiger partial charge in [-0.3, -0.25) is 4.90 Å². The quantitative estimate of drug-likeness (QED) is 0.499. The van der Waals surface area contributed by atoms with Gasteiger partial charge in [-0.2, -0.15) is 0 Å². The van der Waals surface area contributed by atoms with Gasteiger partial charge in [0.1, 0.15) is 0 Å². The van der Waals surface area contributed by atoms with Crippen LogP contribution in [0.15, 0.2) is 48.5 Å². The van der Waals surface area contributed by atoms with E-state index in [1.54, 1.807) is 0 Å². The molecular formula is C23H28N2O8. The van der Waals surface area contributed by atoms with E-state index in [9.17, 15) is 0 Å². The van der Waals surface area contributed by atoms with E-state index in [1.807, 2.05) is 0 Å². The van der Waals surface area contributed by atoms with E-state index < -0.39 is 23.9 Å². The topological polar surface area (TPSA) is 156 Å². The van der Waals surface area contributed by atoms with Crippen molar-refractivity contribution in [3.8, 4) is 0 Å². The molecule has 1 fully saturated rings. The average molecular weight is 460 g/mol. The highest BCUT2D eigenvalue weighted by atomic mass is 16.4. The number of carboxylic acid groups (broad SMARTS) is 4. The van der Waals surface area contributed by atoms with Crippen molar-refractivity contribution in [3.63, 3.8) is 0 Å². The van der Waals surface area contributed by atoms with Gasteiger partial charge in [0.2, 0.25) is 0 Å². The fourth-order valence-corrected chi connectivity index (χ4v) is 2.87. The fraction of sp³-hybridized carbons (Fsp3) is 0.304. The minimum absolute atomic E-state index is 1.07. The van der Waals surface area contributed by atoms with Crippen molar-refractivity contribution in [2.75, 3.05) is 31.1 Å². The summed E-state index contributed by atoms with van der Waals surface area (Å²) >= 11 is 0. The Bertz CT molecular complexity index is 886. The Morgan fingerprint density at radius 2 is 1.00 bits per heavy atom. The number of nitrogens with zero attached hydrogens (tertiary/aromatic N) is 2. The first-order valence-corrected chi connectivity index (χ1v) is 10.0. The van der Waals surface area contributed by atoms with Gasteiger partial charge in [-0.15, -0.1) is 0 Å². The van der Waals surface area contributed by atoms with Crippen LogP contribution in [0, 0.1) is 13.8 Å². The van der Waals surface area contributed by atoms with E-state index in [0.717, 1.165) is 32.7 Å². The zero-order chi connectivity index (χ0) is 25.0. The largest absolute Gasteiger partial charge is 0.473 e. The number of carbonyl (C=O) groups is 4. The zero-order valence-electron chi connectivity index (χ0n) is 18.5. The maximum Gasteiger partial charge on any atom is 0.414 e. The molecule has 10 heteroatoms. The molecule has 0 atom stereocenters. The smallest absolute Gasteiger partial charge is 0.414 e. The fourth-order valence-electron chi connectivity index (χ4n) is 2.87. The lowest BCUT2D eigenvalue weighted by Crippen LogP contribution is -2.45. The van der Waals surface area contributed by atoms with Crippen molar-refractivity contribution >= 4 is 29.6 Å². The van der Waals surface area contributed by atoms with Gasteiger partial charge in [-0.25, -0.2) is 19.2 Å². The number of piperazine rings is 1. The third-order valence-corrected chi connectivity index (χ3v) is 4.66. The molecule has 33 heavy (non-hydrogen) atoms. The summed E-state index contributed by atoms with van der Waals surface area (Å²) in [5.74, 6) is -7.30. The number of benzene rings is 2. The van der Waals surface area contributed by atoms with Crippen LogP contribution in [0.3, 0.4) is 0 Å². The Morgan fingerprint density at radius 3 is 1.36 bits per heavy atom. The molecule has 1 saturated heterocycles.